The van der Waals surface area contributed by atoms with Gasteiger partial charge in [0.15, 0.2) is 6.10 Å². The lowest BCUT2D eigenvalue weighted by molar-refractivity contribution is -0.163. The van der Waals surface area contributed by atoms with Crippen LogP contribution in [0.25, 0.3) is 0 Å². The smallest absolute Gasteiger partial charge is 0.305 e. The van der Waals surface area contributed by atoms with E-state index in [9.17, 15) is 24.0 Å². The van der Waals surface area contributed by atoms with E-state index >= 15 is 0 Å². The molecule has 0 rings (SSSR count). The fourth-order valence-corrected chi connectivity index (χ4v) is 1.51. The van der Waals surface area contributed by atoms with Crippen LogP contribution < -0.4 is 0 Å². The second-order valence-corrected chi connectivity index (χ2v) is 5.20. The number of carbonyl (C=O) groups is 5. The van der Waals surface area contributed by atoms with Crippen molar-refractivity contribution in [3.63, 3.8) is 0 Å². The number of methoxy groups -OCH3 is 2. The Kier molecular flexibility index (Phi) is 16.5. The molecule has 0 bridgehead atoms. The van der Waals surface area contributed by atoms with E-state index in [1.165, 1.54) is 35.0 Å². The van der Waals surface area contributed by atoms with Gasteiger partial charge in [-0.25, -0.2) is 0 Å². The molecule has 0 aromatic carbocycles. The summed E-state index contributed by atoms with van der Waals surface area (Å²) >= 11 is 0. The van der Waals surface area contributed by atoms with Crippen molar-refractivity contribution >= 4 is 29.8 Å². The largest absolute Gasteiger partial charge is 0.469 e. The second kappa shape index (κ2) is 16.8. The molecular weight excluding hydrogens is 364 g/mol. The maximum absolute atomic E-state index is 10.6. The molecule has 10 nitrogen and oxygen atoms in total. The molecule has 0 heterocycles. The quantitative estimate of drug-likeness (QED) is 0.300. The third-order valence-electron chi connectivity index (χ3n) is 2.74. The summed E-state index contributed by atoms with van der Waals surface area (Å²) in [5, 5.41) is 0. The normalized spacial score (nSPS) is 9.41. The molecule has 0 saturated heterocycles. The molecule has 0 aliphatic carbocycles. The number of hydrogen-bond acceptors (Lipinski definition) is 10. The van der Waals surface area contributed by atoms with Gasteiger partial charge in [0.2, 0.25) is 0 Å². The Morgan fingerprint density at radius 2 is 1.04 bits per heavy atom. The summed E-state index contributed by atoms with van der Waals surface area (Å²) < 4.78 is 22.9. The van der Waals surface area contributed by atoms with Gasteiger partial charge in [-0.2, -0.15) is 0 Å². The average Bonchev–Trinajstić information content (AvgIpc) is 2.60. The number of hydrogen-bond donors (Lipinski definition) is 0. The zero-order valence-electron chi connectivity index (χ0n) is 16.4. The summed E-state index contributed by atoms with van der Waals surface area (Å²) in [7, 11) is 2.70. The number of carbonyl (C=O) groups excluding carboxylic acids is 5. The maximum Gasteiger partial charge on any atom is 0.305 e. The highest BCUT2D eigenvalue weighted by molar-refractivity contribution is 5.70. The predicted molar refractivity (Wildman–Crippen MR) is 91.3 cm³/mol. The zero-order chi connectivity index (χ0) is 21.2. The SMILES string of the molecule is CC(=O)OCC(COC(C)=O)OC(C)=O.COC(=O)CCCCC(=O)OC. The second-order valence-electron chi connectivity index (χ2n) is 5.20. The lowest BCUT2D eigenvalue weighted by Crippen LogP contribution is -2.29. The van der Waals surface area contributed by atoms with Gasteiger partial charge in [-0.05, 0) is 12.8 Å². The Morgan fingerprint density at radius 3 is 1.30 bits per heavy atom. The van der Waals surface area contributed by atoms with Crippen LogP contribution in [0.5, 0.6) is 0 Å². The lowest BCUT2D eigenvalue weighted by atomic mass is 10.2. The minimum Gasteiger partial charge on any atom is -0.469 e. The maximum atomic E-state index is 10.6. The molecule has 0 radical (unpaired) electrons. The first kappa shape index (κ1) is 26.6. The van der Waals surface area contributed by atoms with Crippen molar-refractivity contribution in [1.29, 1.82) is 0 Å². The fourth-order valence-electron chi connectivity index (χ4n) is 1.51. The van der Waals surface area contributed by atoms with Crippen LogP contribution in [0.2, 0.25) is 0 Å². The van der Waals surface area contributed by atoms with Gasteiger partial charge in [-0.15, -0.1) is 0 Å². The van der Waals surface area contributed by atoms with Crippen LogP contribution in [-0.2, 0) is 47.7 Å². The molecule has 10 heteroatoms. The first-order valence-corrected chi connectivity index (χ1v) is 8.19. The minimum atomic E-state index is -0.754. The van der Waals surface area contributed by atoms with E-state index in [1.807, 2.05) is 0 Å². The van der Waals surface area contributed by atoms with Gasteiger partial charge in [-0.1, -0.05) is 0 Å². The van der Waals surface area contributed by atoms with Crippen molar-refractivity contribution in [2.45, 2.75) is 52.6 Å². The van der Waals surface area contributed by atoms with Gasteiger partial charge in [0.05, 0.1) is 14.2 Å². The Morgan fingerprint density at radius 1 is 0.667 bits per heavy atom. The zero-order valence-corrected chi connectivity index (χ0v) is 16.4. The van der Waals surface area contributed by atoms with Crippen molar-refractivity contribution in [1.82, 2.24) is 0 Å². The van der Waals surface area contributed by atoms with E-state index < -0.39 is 24.0 Å². The summed E-state index contributed by atoms with van der Waals surface area (Å²) in [5.74, 6) is -1.98. The predicted octanol–water partition coefficient (Wildman–Crippen LogP) is 0.937. The molecule has 0 saturated carbocycles. The topological polar surface area (TPSA) is 132 Å². The summed E-state index contributed by atoms with van der Waals surface area (Å²) in [6.07, 6.45) is 1.32. The average molecular weight is 392 g/mol. The molecule has 0 spiro atoms. The molecule has 27 heavy (non-hydrogen) atoms. The monoisotopic (exact) mass is 392 g/mol. The highest BCUT2D eigenvalue weighted by Crippen LogP contribution is 2.01. The van der Waals surface area contributed by atoms with E-state index in [1.54, 1.807) is 0 Å². The van der Waals surface area contributed by atoms with E-state index in [0.29, 0.717) is 25.7 Å². The van der Waals surface area contributed by atoms with Crippen LogP contribution in [0.3, 0.4) is 0 Å². The molecule has 0 amide bonds. The van der Waals surface area contributed by atoms with Crippen LogP contribution in [0, 0.1) is 0 Å². The summed E-state index contributed by atoms with van der Waals surface area (Å²) in [6.45, 7) is 3.44. The van der Waals surface area contributed by atoms with E-state index in [0.717, 1.165) is 0 Å². The minimum absolute atomic E-state index is 0.123. The molecule has 0 aromatic rings. The number of ether oxygens (including phenoxy) is 5. The van der Waals surface area contributed by atoms with E-state index in [-0.39, 0.29) is 25.2 Å². The van der Waals surface area contributed by atoms with Crippen molar-refractivity contribution < 1.29 is 47.7 Å². The Labute approximate surface area is 158 Å². The van der Waals surface area contributed by atoms with E-state index in [2.05, 4.69) is 18.9 Å². The molecule has 0 atom stereocenters. The lowest BCUT2D eigenvalue weighted by Gasteiger charge is -2.15. The molecule has 0 aliphatic rings. The molecular formula is C17H28O10. The number of unbranched alkanes of at least 4 members (excludes halogenated alkanes) is 1. The van der Waals surface area contributed by atoms with Crippen molar-refractivity contribution in [2.24, 2.45) is 0 Å². The van der Waals surface area contributed by atoms with Gasteiger partial charge in [0, 0.05) is 33.6 Å². The Bertz CT molecular complexity index is 450. The number of esters is 5. The fraction of sp³-hybridized carbons (Fsp3) is 0.706. The molecule has 156 valence electrons. The van der Waals surface area contributed by atoms with Gasteiger partial charge >= 0.3 is 29.8 Å². The Hall–Kier alpha value is -2.65. The Balaban J connectivity index is 0. The van der Waals surface area contributed by atoms with Crippen molar-refractivity contribution in [3.05, 3.63) is 0 Å². The van der Waals surface area contributed by atoms with Crippen LogP contribution in [0.1, 0.15) is 46.5 Å². The summed E-state index contributed by atoms with van der Waals surface area (Å²) in [6, 6.07) is 0. The van der Waals surface area contributed by atoms with Gasteiger partial charge in [0.1, 0.15) is 13.2 Å². The van der Waals surface area contributed by atoms with Crippen LogP contribution in [0.15, 0.2) is 0 Å². The third kappa shape index (κ3) is 21.3. The molecule has 0 aromatic heterocycles. The highest BCUT2D eigenvalue weighted by atomic mass is 16.6. The van der Waals surface area contributed by atoms with Crippen molar-refractivity contribution in [2.75, 3.05) is 27.4 Å². The third-order valence-corrected chi connectivity index (χ3v) is 2.74. The molecule has 0 unspecified atom stereocenters. The van der Waals surface area contributed by atoms with Crippen molar-refractivity contribution in [3.8, 4) is 0 Å². The summed E-state index contributed by atoms with van der Waals surface area (Å²) in [5.41, 5.74) is 0. The number of rotatable bonds is 10. The standard InChI is InChI=1S/C9H14O6.C8H14O4/c1-6(10)13-4-9(15-8(3)12)5-14-7(2)11;1-11-7(9)5-3-4-6-8(10)12-2/h9H,4-5H2,1-3H3;3-6H2,1-2H3. The first-order valence-electron chi connectivity index (χ1n) is 8.19. The highest BCUT2D eigenvalue weighted by Gasteiger charge is 2.15. The summed E-state index contributed by atoms with van der Waals surface area (Å²) in [4.78, 5) is 52.8. The van der Waals surface area contributed by atoms with Gasteiger partial charge in [0.25, 0.3) is 0 Å². The van der Waals surface area contributed by atoms with E-state index in [4.69, 9.17) is 4.74 Å². The first-order chi connectivity index (χ1) is 12.6. The van der Waals surface area contributed by atoms with Crippen LogP contribution in [-0.4, -0.2) is 63.4 Å². The van der Waals surface area contributed by atoms with Gasteiger partial charge < -0.3 is 23.7 Å². The van der Waals surface area contributed by atoms with Crippen LogP contribution >= 0.6 is 0 Å². The molecule has 0 fully saturated rings. The van der Waals surface area contributed by atoms with Crippen LogP contribution in [0.4, 0.5) is 0 Å². The molecule has 0 aliphatic heterocycles. The van der Waals surface area contributed by atoms with Gasteiger partial charge in [-0.3, -0.25) is 24.0 Å². The molecule has 0 N–H and O–H groups in total.